The number of hydrogen-bond acceptors (Lipinski definition) is 5. The van der Waals surface area contributed by atoms with E-state index in [-0.39, 0.29) is 11.5 Å². The lowest BCUT2D eigenvalue weighted by molar-refractivity contribution is -0.129. The Morgan fingerprint density at radius 3 is 2.45 bits per heavy atom. The van der Waals surface area contributed by atoms with Crippen LogP contribution in [0.15, 0.2) is 42.5 Å². The van der Waals surface area contributed by atoms with Gasteiger partial charge in [-0.1, -0.05) is 18.2 Å². The molecule has 1 rings (SSSR count). The fourth-order valence-electron chi connectivity index (χ4n) is 1.38. The van der Waals surface area contributed by atoms with Crippen molar-refractivity contribution in [2.24, 2.45) is 0 Å². The van der Waals surface area contributed by atoms with Gasteiger partial charge in [0, 0.05) is 6.08 Å². The van der Waals surface area contributed by atoms with Gasteiger partial charge in [0.05, 0.1) is 19.8 Å². The molecular formula is C15H16O5. The number of rotatable bonds is 5. The number of hydrogen-bond donors (Lipinski definition) is 0. The number of ether oxygens (including phenoxy) is 3. The summed E-state index contributed by atoms with van der Waals surface area (Å²) < 4.78 is 14.8. The summed E-state index contributed by atoms with van der Waals surface area (Å²) in [6.45, 7) is 1.84. The molecule has 0 atom stereocenters. The molecule has 0 fully saturated rings. The molecule has 0 N–H and O–H groups in total. The topological polar surface area (TPSA) is 61.8 Å². The zero-order chi connectivity index (χ0) is 15.0. The minimum atomic E-state index is -0.535. The highest BCUT2D eigenvalue weighted by molar-refractivity contribution is 5.90. The fourth-order valence-corrected chi connectivity index (χ4v) is 1.38. The van der Waals surface area contributed by atoms with E-state index in [1.165, 1.54) is 38.5 Å². The maximum absolute atomic E-state index is 11.5. The van der Waals surface area contributed by atoms with Crippen molar-refractivity contribution in [1.82, 2.24) is 0 Å². The van der Waals surface area contributed by atoms with Crippen LogP contribution in [0, 0.1) is 0 Å². The summed E-state index contributed by atoms with van der Waals surface area (Å²) in [6, 6.07) is 4.42. The van der Waals surface area contributed by atoms with E-state index in [0.29, 0.717) is 5.56 Å². The van der Waals surface area contributed by atoms with Crippen molar-refractivity contribution in [2.75, 3.05) is 14.2 Å². The maximum atomic E-state index is 11.5. The summed E-state index contributed by atoms with van der Waals surface area (Å²) in [6.07, 6.45) is 6.35. The van der Waals surface area contributed by atoms with E-state index in [0.717, 1.165) is 0 Å². The van der Waals surface area contributed by atoms with Gasteiger partial charge in [0.2, 0.25) is 0 Å². The second-order valence-corrected chi connectivity index (χ2v) is 3.66. The number of methoxy groups -OCH3 is 2. The minimum Gasteiger partial charge on any atom is -0.493 e. The molecule has 1 aromatic rings. The summed E-state index contributed by atoms with van der Waals surface area (Å²) >= 11 is 0. The normalized spacial score (nSPS) is 10.8. The van der Waals surface area contributed by atoms with Gasteiger partial charge in [-0.2, -0.15) is 0 Å². The van der Waals surface area contributed by atoms with E-state index in [2.05, 4.69) is 4.74 Å². The molecule has 106 valence electrons. The first-order valence-corrected chi connectivity index (χ1v) is 5.90. The lowest BCUT2D eigenvalue weighted by Gasteiger charge is -2.09. The maximum Gasteiger partial charge on any atom is 0.337 e. The molecule has 0 amide bonds. The summed E-state index contributed by atoms with van der Waals surface area (Å²) in [5, 5.41) is 0. The highest BCUT2D eigenvalue weighted by Crippen LogP contribution is 2.28. The third-order valence-corrected chi connectivity index (χ3v) is 2.33. The Hall–Kier alpha value is -2.56. The zero-order valence-corrected chi connectivity index (χ0v) is 11.6. The van der Waals surface area contributed by atoms with Crippen LogP contribution >= 0.6 is 0 Å². The van der Waals surface area contributed by atoms with Gasteiger partial charge in [0.25, 0.3) is 0 Å². The second-order valence-electron chi connectivity index (χ2n) is 3.66. The number of carbonyl (C=O) groups is 2. The van der Waals surface area contributed by atoms with E-state index in [4.69, 9.17) is 9.47 Å². The van der Waals surface area contributed by atoms with Crippen molar-refractivity contribution in [3.63, 3.8) is 0 Å². The van der Waals surface area contributed by atoms with Gasteiger partial charge in [0.1, 0.15) is 0 Å². The highest BCUT2D eigenvalue weighted by Gasteiger charge is 2.12. The SMILES string of the molecule is C/C=C/C=C/C(=O)Oc1ccc(C(=O)OC)cc1OC. The Balaban J connectivity index is 2.90. The van der Waals surface area contributed by atoms with Crippen LogP contribution in [0.5, 0.6) is 11.5 Å². The fraction of sp³-hybridized carbons (Fsp3) is 0.200. The van der Waals surface area contributed by atoms with E-state index < -0.39 is 11.9 Å². The summed E-state index contributed by atoms with van der Waals surface area (Å²) in [7, 11) is 2.71. The van der Waals surface area contributed by atoms with Crippen LogP contribution in [0.2, 0.25) is 0 Å². The Morgan fingerprint density at radius 1 is 1.10 bits per heavy atom. The molecule has 0 aromatic heterocycles. The van der Waals surface area contributed by atoms with Crippen molar-refractivity contribution >= 4 is 11.9 Å². The molecular weight excluding hydrogens is 260 g/mol. The lowest BCUT2D eigenvalue weighted by atomic mass is 10.2. The number of benzene rings is 1. The van der Waals surface area contributed by atoms with Crippen molar-refractivity contribution < 1.29 is 23.8 Å². The van der Waals surface area contributed by atoms with Gasteiger partial charge in [-0.3, -0.25) is 0 Å². The molecule has 5 nitrogen and oxygen atoms in total. The van der Waals surface area contributed by atoms with Gasteiger partial charge in [-0.05, 0) is 25.1 Å². The van der Waals surface area contributed by atoms with Gasteiger partial charge < -0.3 is 14.2 Å². The number of allylic oxidation sites excluding steroid dienone is 3. The molecule has 0 radical (unpaired) electrons. The molecule has 0 spiro atoms. The molecule has 20 heavy (non-hydrogen) atoms. The van der Waals surface area contributed by atoms with Crippen LogP contribution in [0.4, 0.5) is 0 Å². The minimum absolute atomic E-state index is 0.232. The lowest BCUT2D eigenvalue weighted by Crippen LogP contribution is -2.06. The Bertz CT molecular complexity index is 543. The van der Waals surface area contributed by atoms with Crippen LogP contribution in [-0.2, 0) is 9.53 Å². The summed E-state index contributed by atoms with van der Waals surface area (Å²) in [4.78, 5) is 22.9. The molecule has 0 aliphatic heterocycles. The van der Waals surface area contributed by atoms with Gasteiger partial charge >= 0.3 is 11.9 Å². The zero-order valence-electron chi connectivity index (χ0n) is 11.6. The average molecular weight is 276 g/mol. The number of carbonyl (C=O) groups excluding carboxylic acids is 2. The molecule has 0 bridgehead atoms. The summed E-state index contributed by atoms with van der Waals surface area (Å²) in [5.41, 5.74) is 0.314. The first kappa shape index (κ1) is 15.5. The van der Waals surface area contributed by atoms with Crippen molar-refractivity contribution in [3.05, 3.63) is 48.1 Å². The smallest absolute Gasteiger partial charge is 0.337 e. The standard InChI is InChI=1S/C15H16O5/c1-4-5-6-7-14(16)20-12-9-8-11(15(17)19-3)10-13(12)18-2/h4-10H,1-3H3/b5-4+,7-6+. The Kier molecular flexibility index (Phi) is 6.03. The first-order valence-electron chi connectivity index (χ1n) is 5.90. The van der Waals surface area contributed by atoms with Gasteiger partial charge in [-0.25, -0.2) is 9.59 Å². The first-order chi connectivity index (χ1) is 9.62. The van der Waals surface area contributed by atoms with E-state index in [9.17, 15) is 9.59 Å². The third-order valence-electron chi connectivity index (χ3n) is 2.33. The monoisotopic (exact) mass is 276 g/mol. The van der Waals surface area contributed by atoms with Crippen molar-refractivity contribution in [2.45, 2.75) is 6.92 Å². The summed E-state index contributed by atoms with van der Waals surface area (Å²) in [5.74, 6) is -0.516. The van der Waals surface area contributed by atoms with Crippen LogP contribution in [0.1, 0.15) is 17.3 Å². The largest absolute Gasteiger partial charge is 0.493 e. The predicted molar refractivity (Wildman–Crippen MR) is 73.9 cm³/mol. The molecule has 0 unspecified atom stereocenters. The second kappa shape index (κ2) is 7.78. The van der Waals surface area contributed by atoms with Crippen LogP contribution in [0.25, 0.3) is 0 Å². The van der Waals surface area contributed by atoms with Crippen molar-refractivity contribution in [1.29, 1.82) is 0 Å². The average Bonchev–Trinajstić information content (AvgIpc) is 2.47. The third kappa shape index (κ3) is 4.28. The Morgan fingerprint density at radius 2 is 1.85 bits per heavy atom. The molecule has 1 aromatic carbocycles. The van der Waals surface area contributed by atoms with E-state index in [1.54, 1.807) is 18.2 Å². The van der Waals surface area contributed by atoms with Crippen LogP contribution < -0.4 is 9.47 Å². The quantitative estimate of drug-likeness (QED) is 0.358. The molecule has 0 aliphatic rings. The highest BCUT2D eigenvalue weighted by atomic mass is 16.6. The molecule has 0 saturated heterocycles. The van der Waals surface area contributed by atoms with Gasteiger partial charge in [-0.15, -0.1) is 0 Å². The van der Waals surface area contributed by atoms with Crippen molar-refractivity contribution in [3.8, 4) is 11.5 Å². The molecule has 0 aliphatic carbocycles. The molecule has 5 heteroatoms. The Labute approximate surface area is 117 Å². The van der Waals surface area contributed by atoms with Gasteiger partial charge in [0.15, 0.2) is 11.5 Å². The van der Waals surface area contributed by atoms with E-state index in [1.807, 2.05) is 6.92 Å². The number of esters is 2. The predicted octanol–water partition coefficient (Wildman–Crippen LogP) is 2.52. The van der Waals surface area contributed by atoms with Crippen LogP contribution in [0.3, 0.4) is 0 Å². The van der Waals surface area contributed by atoms with Crippen LogP contribution in [-0.4, -0.2) is 26.2 Å². The molecule has 0 heterocycles. The molecule has 0 saturated carbocycles. The van der Waals surface area contributed by atoms with E-state index >= 15 is 0 Å².